The number of nitrogens with zero attached hydrogens (tertiary/aromatic N) is 2. The average molecular weight is 266 g/mol. The number of hydrogen-bond donors (Lipinski definition) is 0. The number of fused-ring (bicyclic) bond motifs is 1. The maximum absolute atomic E-state index is 12.4. The summed E-state index contributed by atoms with van der Waals surface area (Å²) in [6.07, 6.45) is 0. The fourth-order valence-electron chi connectivity index (χ4n) is 2.62. The molecule has 0 saturated heterocycles. The molecule has 0 atom stereocenters. The van der Waals surface area contributed by atoms with E-state index >= 15 is 0 Å². The molecule has 2 aromatic carbocycles. The Labute approximate surface area is 119 Å². The smallest absolute Gasteiger partial charge is 0.251 e. The van der Waals surface area contributed by atoms with Crippen molar-refractivity contribution < 1.29 is 4.79 Å². The first kappa shape index (κ1) is 12.7. The lowest BCUT2D eigenvalue weighted by Gasteiger charge is -2.35. The lowest BCUT2D eigenvalue weighted by atomic mass is 10.1. The van der Waals surface area contributed by atoms with Crippen molar-refractivity contribution in [3.05, 3.63) is 53.6 Å². The van der Waals surface area contributed by atoms with E-state index in [0.29, 0.717) is 6.54 Å². The van der Waals surface area contributed by atoms with Crippen LogP contribution >= 0.6 is 0 Å². The zero-order chi connectivity index (χ0) is 14.3. The van der Waals surface area contributed by atoms with Crippen LogP contribution in [0.4, 0.5) is 17.1 Å². The highest BCUT2D eigenvalue weighted by Crippen LogP contribution is 2.37. The summed E-state index contributed by atoms with van der Waals surface area (Å²) in [6.45, 7) is 4.56. The zero-order valence-electron chi connectivity index (χ0n) is 12.1. The van der Waals surface area contributed by atoms with E-state index in [2.05, 4.69) is 32.0 Å². The molecule has 0 bridgehead atoms. The molecule has 0 N–H and O–H groups in total. The van der Waals surface area contributed by atoms with Crippen LogP contribution < -0.4 is 9.80 Å². The van der Waals surface area contributed by atoms with Gasteiger partial charge in [-0.2, -0.15) is 0 Å². The molecule has 3 rings (SSSR count). The zero-order valence-corrected chi connectivity index (χ0v) is 12.1. The summed E-state index contributed by atoms with van der Waals surface area (Å²) in [4.78, 5) is 16.3. The molecule has 102 valence electrons. The second-order valence-corrected chi connectivity index (χ2v) is 5.34. The molecular formula is C17H18N2O. The summed E-state index contributed by atoms with van der Waals surface area (Å²) >= 11 is 0. The molecule has 0 saturated carbocycles. The molecule has 0 fully saturated rings. The molecular weight excluding hydrogens is 248 g/mol. The number of carbonyl (C=O) groups excluding carboxylic acids is 1. The van der Waals surface area contributed by atoms with Gasteiger partial charge in [0.25, 0.3) is 5.91 Å². The van der Waals surface area contributed by atoms with E-state index in [0.717, 1.165) is 17.1 Å². The van der Waals surface area contributed by atoms with Crippen molar-refractivity contribution in [3.8, 4) is 0 Å². The van der Waals surface area contributed by atoms with Gasteiger partial charge in [0.1, 0.15) is 0 Å². The molecule has 3 nitrogen and oxygen atoms in total. The van der Waals surface area contributed by atoms with Gasteiger partial charge < -0.3 is 4.90 Å². The Kier molecular flexibility index (Phi) is 2.97. The van der Waals surface area contributed by atoms with Crippen molar-refractivity contribution in [3.63, 3.8) is 0 Å². The summed E-state index contributed by atoms with van der Waals surface area (Å²) in [5.74, 6) is 0.106. The quantitative estimate of drug-likeness (QED) is 0.789. The summed E-state index contributed by atoms with van der Waals surface area (Å²) in [6, 6.07) is 14.2. The second-order valence-electron chi connectivity index (χ2n) is 5.34. The highest BCUT2D eigenvalue weighted by atomic mass is 16.2. The lowest BCUT2D eigenvalue weighted by molar-refractivity contribution is -0.116. The van der Waals surface area contributed by atoms with E-state index in [-0.39, 0.29) is 5.91 Å². The summed E-state index contributed by atoms with van der Waals surface area (Å²) < 4.78 is 0. The van der Waals surface area contributed by atoms with Gasteiger partial charge in [0.05, 0.1) is 17.9 Å². The van der Waals surface area contributed by atoms with E-state index in [1.165, 1.54) is 11.1 Å². The first-order chi connectivity index (χ1) is 9.58. The normalized spacial score (nSPS) is 14.4. The number of aryl methyl sites for hydroxylation is 2. The van der Waals surface area contributed by atoms with E-state index in [1.54, 1.807) is 0 Å². The van der Waals surface area contributed by atoms with Crippen LogP contribution in [0.25, 0.3) is 0 Å². The van der Waals surface area contributed by atoms with Crippen LogP contribution in [0, 0.1) is 13.8 Å². The van der Waals surface area contributed by atoms with Gasteiger partial charge in [0, 0.05) is 12.7 Å². The topological polar surface area (TPSA) is 23.6 Å². The number of anilines is 3. The Hall–Kier alpha value is -2.29. The number of likely N-dealkylation sites (N-methyl/N-ethyl adjacent to an activating group) is 1. The number of amides is 1. The minimum absolute atomic E-state index is 0.106. The monoisotopic (exact) mass is 266 g/mol. The SMILES string of the molecule is Cc1ccc(N2C(=O)CN(C)c3ccccc32)cc1C. The van der Waals surface area contributed by atoms with Crippen molar-refractivity contribution in [2.24, 2.45) is 0 Å². The number of para-hydroxylation sites is 2. The molecule has 0 radical (unpaired) electrons. The van der Waals surface area contributed by atoms with Crippen LogP contribution in [0.2, 0.25) is 0 Å². The Morgan fingerprint density at radius 1 is 0.950 bits per heavy atom. The standard InChI is InChI=1S/C17H18N2O/c1-12-8-9-14(10-13(12)2)19-16-7-5-4-6-15(16)18(3)11-17(19)20/h4-10H,11H2,1-3H3. The Morgan fingerprint density at radius 3 is 2.35 bits per heavy atom. The minimum Gasteiger partial charge on any atom is -0.364 e. The molecule has 0 aliphatic carbocycles. The number of hydrogen-bond acceptors (Lipinski definition) is 2. The fraction of sp³-hybridized carbons (Fsp3) is 0.235. The van der Waals surface area contributed by atoms with Gasteiger partial charge in [0.15, 0.2) is 0 Å². The first-order valence-corrected chi connectivity index (χ1v) is 6.78. The molecule has 3 heteroatoms. The minimum atomic E-state index is 0.106. The lowest BCUT2D eigenvalue weighted by Crippen LogP contribution is -2.41. The molecule has 1 aliphatic heterocycles. The molecule has 2 aromatic rings. The first-order valence-electron chi connectivity index (χ1n) is 6.78. The van der Waals surface area contributed by atoms with Crippen LogP contribution in [0.3, 0.4) is 0 Å². The molecule has 1 amide bonds. The third-order valence-electron chi connectivity index (χ3n) is 3.90. The molecule has 20 heavy (non-hydrogen) atoms. The number of carbonyl (C=O) groups is 1. The molecule has 0 aromatic heterocycles. The fourth-order valence-corrected chi connectivity index (χ4v) is 2.62. The van der Waals surface area contributed by atoms with E-state index < -0.39 is 0 Å². The highest BCUT2D eigenvalue weighted by Gasteiger charge is 2.28. The Bertz CT molecular complexity index is 678. The van der Waals surface area contributed by atoms with E-state index in [1.807, 2.05) is 41.1 Å². The van der Waals surface area contributed by atoms with Gasteiger partial charge in [-0.25, -0.2) is 0 Å². The van der Waals surface area contributed by atoms with Crippen LogP contribution in [-0.2, 0) is 4.79 Å². The largest absolute Gasteiger partial charge is 0.364 e. The molecule has 0 spiro atoms. The average Bonchev–Trinajstić information content (AvgIpc) is 2.43. The van der Waals surface area contributed by atoms with Crippen LogP contribution in [0.5, 0.6) is 0 Å². The molecule has 1 heterocycles. The van der Waals surface area contributed by atoms with Crippen molar-refractivity contribution in [2.75, 3.05) is 23.4 Å². The third-order valence-corrected chi connectivity index (χ3v) is 3.90. The van der Waals surface area contributed by atoms with Crippen molar-refractivity contribution in [1.29, 1.82) is 0 Å². The predicted octanol–water partition coefficient (Wildman–Crippen LogP) is 3.42. The van der Waals surface area contributed by atoms with Gasteiger partial charge >= 0.3 is 0 Å². The van der Waals surface area contributed by atoms with Crippen LogP contribution in [0.1, 0.15) is 11.1 Å². The van der Waals surface area contributed by atoms with Crippen molar-refractivity contribution >= 4 is 23.0 Å². The predicted molar refractivity (Wildman–Crippen MR) is 82.8 cm³/mol. The summed E-state index contributed by atoms with van der Waals surface area (Å²) in [5.41, 5.74) is 5.42. The van der Waals surface area contributed by atoms with Gasteiger partial charge in [0.2, 0.25) is 0 Å². The van der Waals surface area contributed by atoms with Crippen molar-refractivity contribution in [1.82, 2.24) is 0 Å². The maximum Gasteiger partial charge on any atom is 0.251 e. The second kappa shape index (κ2) is 4.67. The van der Waals surface area contributed by atoms with E-state index in [9.17, 15) is 4.79 Å². The number of rotatable bonds is 1. The van der Waals surface area contributed by atoms with Crippen LogP contribution in [0.15, 0.2) is 42.5 Å². The Morgan fingerprint density at radius 2 is 1.65 bits per heavy atom. The molecule has 0 unspecified atom stereocenters. The Balaban J connectivity index is 2.15. The summed E-state index contributed by atoms with van der Waals surface area (Å²) in [5, 5.41) is 0. The van der Waals surface area contributed by atoms with E-state index in [4.69, 9.17) is 0 Å². The van der Waals surface area contributed by atoms with Gasteiger partial charge in [-0.15, -0.1) is 0 Å². The van der Waals surface area contributed by atoms with Gasteiger partial charge in [-0.1, -0.05) is 18.2 Å². The van der Waals surface area contributed by atoms with Crippen molar-refractivity contribution in [2.45, 2.75) is 13.8 Å². The molecule has 1 aliphatic rings. The number of benzene rings is 2. The maximum atomic E-state index is 12.4. The summed E-state index contributed by atoms with van der Waals surface area (Å²) in [7, 11) is 1.95. The van der Waals surface area contributed by atoms with Crippen LogP contribution in [-0.4, -0.2) is 19.5 Å². The highest BCUT2D eigenvalue weighted by molar-refractivity contribution is 6.08. The van der Waals surface area contributed by atoms with Gasteiger partial charge in [-0.3, -0.25) is 9.69 Å². The van der Waals surface area contributed by atoms with Gasteiger partial charge in [-0.05, 0) is 49.2 Å². The third kappa shape index (κ3) is 1.95.